The van der Waals surface area contributed by atoms with Crippen molar-refractivity contribution in [3.8, 4) is 11.5 Å². The van der Waals surface area contributed by atoms with Crippen molar-refractivity contribution in [2.24, 2.45) is 0 Å². The van der Waals surface area contributed by atoms with Gasteiger partial charge < -0.3 is 10.1 Å². The van der Waals surface area contributed by atoms with Crippen LogP contribution in [0.1, 0.15) is 24.5 Å². The van der Waals surface area contributed by atoms with Crippen LogP contribution in [0.2, 0.25) is 5.02 Å². The van der Waals surface area contributed by atoms with E-state index in [1.165, 1.54) is 6.07 Å². The second kappa shape index (κ2) is 7.43. The molecule has 0 unspecified atom stereocenters. The maximum atomic E-state index is 13.3. The van der Waals surface area contributed by atoms with Gasteiger partial charge in [0.1, 0.15) is 17.3 Å². The van der Waals surface area contributed by atoms with Crippen molar-refractivity contribution in [1.82, 2.24) is 5.32 Å². The molecule has 21 heavy (non-hydrogen) atoms. The zero-order valence-electron chi connectivity index (χ0n) is 12.2. The molecule has 0 bridgehead atoms. The third kappa shape index (κ3) is 4.45. The van der Waals surface area contributed by atoms with Crippen LogP contribution in [0.15, 0.2) is 36.4 Å². The highest BCUT2D eigenvalue weighted by atomic mass is 35.5. The summed E-state index contributed by atoms with van der Waals surface area (Å²) in [5.74, 6) is 1.06. The molecule has 2 aromatic carbocycles. The molecular weight excluding hydrogens is 289 g/mol. The summed E-state index contributed by atoms with van der Waals surface area (Å²) in [6.07, 6.45) is 1.07. The molecule has 112 valence electrons. The molecule has 0 aliphatic heterocycles. The van der Waals surface area contributed by atoms with Crippen molar-refractivity contribution in [1.29, 1.82) is 0 Å². The first-order valence-corrected chi connectivity index (χ1v) is 7.41. The van der Waals surface area contributed by atoms with Crippen LogP contribution in [0, 0.1) is 12.7 Å². The Hall–Kier alpha value is -1.58. The highest BCUT2D eigenvalue weighted by molar-refractivity contribution is 6.30. The Bertz CT molecular complexity index is 616. The first-order chi connectivity index (χ1) is 10.1. The number of hydrogen-bond acceptors (Lipinski definition) is 2. The fourth-order valence-electron chi connectivity index (χ4n) is 1.98. The quantitative estimate of drug-likeness (QED) is 0.751. The highest BCUT2D eigenvalue weighted by Crippen LogP contribution is 2.29. The molecule has 2 nitrogen and oxygen atoms in total. The number of nitrogens with one attached hydrogen (secondary N) is 1. The van der Waals surface area contributed by atoms with Crippen molar-refractivity contribution in [2.75, 3.05) is 6.54 Å². The Morgan fingerprint density at radius 2 is 2.00 bits per heavy atom. The first-order valence-electron chi connectivity index (χ1n) is 7.03. The number of hydrogen-bond donors (Lipinski definition) is 1. The number of benzene rings is 2. The Morgan fingerprint density at radius 3 is 2.71 bits per heavy atom. The molecule has 0 fully saturated rings. The van der Waals surface area contributed by atoms with Gasteiger partial charge in [0.15, 0.2) is 0 Å². The molecule has 2 rings (SSSR count). The van der Waals surface area contributed by atoms with E-state index in [4.69, 9.17) is 16.3 Å². The predicted octanol–water partition coefficient (Wildman–Crippen LogP) is 5.08. The standard InChI is InChI=1S/C17H19ClFNO/c1-3-8-20-11-13-4-5-14(18)10-17(13)21-15-6-7-16(19)12(2)9-15/h4-7,9-10,20H,3,8,11H2,1-2H3. The third-order valence-electron chi connectivity index (χ3n) is 3.13. The molecule has 1 N–H and O–H groups in total. The molecule has 0 amide bonds. The SMILES string of the molecule is CCCNCc1ccc(Cl)cc1Oc1ccc(F)c(C)c1. The summed E-state index contributed by atoms with van der Waals surface area (Å²) in [5.41, 5.74) is 1.58. The molecule has 0 atom stereocenters. The summed E-state index contributed by atoms with van der Waals surface area (Å²) < 4.78 is 19.2. The van der Waals surface area contributed by atoms with Gasteiger partial charge in [-0.3, -0.25) is 0 Å². The van der Waals surface area contributed by atoms with E-state index >= 15 is 0 Å². The molecule has 0 aliphatic carbocycles. The summed E-state index contributed by atoms with van der Waals surface area (Å²) in [5, 5.41) is 3.95. The molecule has 0 aromatic heterocycles. The molecule has 0 heterocycles. The average molecular weight is 308 g/mol. The summed E-state index contributed by atoms with van der Waals surface area (Å²) in [6, 6.07) is 10.3. The van der Waals surface area contributed by atoms with Crippen molar-refractivity contribution < 1.29 is 9.13 Å². The summed E-state index contributed by atoms with van der Waals surface area (Å²) in [4.78, 5) is 0. The number of aryl methyl sites for hydroxylation is 1. The molecule has 0 aliphatic rings. The number of halogens is 2. The molecule has 0 saturated heterocycles. The smallest absolute Gasteiger partial charge is 0.133 e. The lowest BCUT2D eigenvalue weighted by Crippen LogP contribution is -2.14. The normalized spacial score (nSPS) is 10.7. The minimum Gasteiger partial charge on any atom is -0.457 e. The third-order valence-corrected chi connectivity index (χ3v) is 3.36. The molecule has 0 radical (unpaired) electrons. The van der Waals surface area contributed by atoms with Crippen LogP contribution in [0.5, 0.6) is 11.5 Å². The van der Waals surface area contributed by atoms with Gasteiger partial charge >= 0.3 is 0 Å². The predicted molar refractivity (Wildman–Crippen MR) is 84.7 cm³/mol. The van der Waals surface area contributed by atoms with Gasteiger partial charge in [0, 0.05) is 17.1 Å². The lowest BCUT2D eigenvalue weighted by molar-refractivity contribution is 0.470. The molecule has 0 saturated carbocycles. The van der Waals surface area contributed by atoms with Crippen LogP contribution in [-0.4, -0.2) is 6.54 Å². The van der Waals surface area contributed by atoms with Crippen LogP contribution in [0.3, 0.4) is 0 Å². The monoisotopic (exact) mass is 307 g/mol. The molecule has 2 aromatic rings. The van der Waals surface area contributed by atoms with Crippen LogP contribution >= 0.6 is 11.6 Å². The maximum Gasteiger partial charge on any atom is 0.133 e. The molecular formula is C17H19ClFNO. The van der Waals surface area contributed by atoms with Crippen LogP contribution in [-0.2, 0) is 6.54 Å². The summed E-state index contributed by atoms with van der Waals surface area (Å²) in [6.45, 7) is 5.48. The fourth-order valence-corrected chi connectivity index (χ4v) is 2.14. The van der Waals surface area contributed by atoms with Crippen molar-refractivity contribution >= 4 is 11.6 Å². The van der Waals surface area contributed by atoms with E-state index in [0.717, 1.165) is 18.5 Å². The molecule has 4 heteroatoms. The largest absolute Gasteiger partial charge is 0.457 e. The van der Waals surface area contributed by atoms with E-state index in [9.17, 15) is 4.39 Å². The van der Waals surface area contributed by atoms with Crippen LogP contribution in [0.4, 0.5) is 4.39 Å². The lowest BCUT2D eigenvalue weighted by atomic mass is 10.2. The Balaban J connectivity index is 2.20. The Kier molecular flexibility index (Phi) is 5.59. The van der Waals surface area contributed by atoms with Gasteiger partial charge in [-0.15, -0.1) is 0 Å². The minimum atomic E-state index is -0.238. The summed E-state index contributed by atoms with van der Waals surface area (Å²) >= 11 is 6.04. The maximum absolute atomic E-state index is 13.3. The van der Waals surface area contributed by atoms with E-state index < -0.39 is 0 Å². The zero-order chi connectivity index (χ0) is 15.2. The van der Waals surface area contributed by atoms with E-state index in [1.807, 2.05) is 12.1 Å². The van der Waals surface area contributed by atoms with Crippen molar-refractivity contribution in [2.45, 2.75) is 26.8 Å². The Labute approximate surface area is 129 Å². The van der Waals surface area contributed by atoms with E-state index in [0.29, 0.717) is 28.6 Å². The van der Waals surface area contributed by atoms with Gasteiger partial charge in [-0.1, -0.05) is 24.6 Å². The minimum absolute atomic E-state index is 0.238. The van der Waals surface area contributed by atoms with Crippen molar-refractivity contribution in [3.05, 3.63) is 58.4 Å². The molecule has 0 spiro atoms. The zero-order valence-corrected chi connectivity index (χ0v) is 13.0. The number of ether oxygens (including phenoxy) is 1. The first kappa shape index (κ1) is 15.8. The van der Waals surface area contributed by atoms with E-state index in [2.05, 4.69) is 12.2 Å². The van der Waals surface area contributed by atoms with Crippen molar-refractivity contribution in [3.63, 3.8) is 0 Å². The van der Waals surface area contributed by atoms with E-state index in [-0.39, 0.29) is 5.82 Å². The van der Waals surface area contributed by atoms with Gasteiger partial charge in [-0.25, -0.2) is 4.39 Å². The lowest BCUT2D eigenvalue weighted by Gasteiger charge is -2.13. The van der Waals surface area contributed by atoms with Gasteiger partial charge in [0.05, 0.1) is 0 Å². The van der Waals surface area contributed by atoms with Gasteiger partial charge in [0.2, 0.25) is 0 Å². The van der Waals surface area contributed by atoms with Gasteiger partial charge in [0.25, 0.3) is 0 Å². The van der Waals surface area contributed by atoms with Gasteiger partial charge in [-0.2, -0.15) is 0 Å². The second-order valence-electron chi connectivity index (χ2n) is 4.94. The number of rotatable bonds is 6. The van der Waals surface area contributed by atoms with E-state index in [1.54, 1.807) is 25.1 Å². The van der Waals surface area contributed by atoms with Gasteiger partial charge in [-0.05, 0) is 55.8 Å². The topological polar surface area (TPSA) is 21.3 Å². The summed E-state index contributed by atoms with van der Waals surface area (Å²) in [7, 11) is 0. The highest BCUT2D eigenvalue weighted by Gasteiger charge is 2.07. The average Bonchev–Trinajstić information content (AvgIpc) is 2.45. The second-order valence-corrected chi connectivity index (χ2v) is 5.38. The Morgan fingerprint density at radius 1 is 1.19 bits per heavy atom. The van der Waals surface area contributed by atoms with Crippen LogP contribution in [0.25, 0.3) is 0 Å². The fraction of sp³-hybridized carbons (Fsp3) is 0.294. The van der Waals surface area contributed by atoms with Crippen LogP contribution < -0.4 is 10.1 Å².